The molecule has 0 unspecified atom stereocenters. The molecule has 2 aromatic heterocycles. The van der Waals surface area contributed by atoms with Crippen molar-refractivity contribution in [2.24, 2.45) is 0 Å². The van der Waals surface area contributed by atoms with Gasteiger partial charge < -0.3 is 4.42 Å². The van der Waals surface area contributed by atoms with Crippen LogP contribution in [0.5, 0.6) is 0 Å². The molecule has 0 bridgehead atoms. The van der Waals surface area contributed by atoms with Crippen LogP contribution in [-0.4, -0.2) is 10.2 Å². The Balaban J connectivity index is 1.65. The number of nitriles is 1. The van der Waals surface area contributed by atoms with Gasteiger partial charge in [0.1, 0.15) is 0 Å². The third-order valence-corrected chi connectivity index (χ3v) is 4.33. The summed E-state index contributed by atoms with van der Waals surface area (Å²) in [6.07, 6.45) is 0. The largest absolute Gasteiger partial charge is 0.410 e. The minimum absolute atomic E-state index is 0.553. The molecule has 0 aliphatic heterocycles. The predicted octanol–water partition coefficient (Wildman–Crippen LogP) is 3.96. The lowest BCUT2D eigenvalue weighted by Crippen LogP contribution is -1.81. The second kappa shape index (κ2) is 5.90. The lowest BCUT2D eigenvalue weighted by atomic mass is 10.2. The smallest absolute Gasteiger partial charge is 0.277 e. The summed E-state index contributed by atoms with van der Waals surface area (Å²) in [6.45, 7) is 0. The van der Waals surface area contributed by atoms with Crippen LogP contribution in [0.2, 0.25) is 0 Å². The normalized spacial score (nSPS) is 10.3. The highest BCUT2D eigenvalue weighted by molar-refractivity contribution is 7.98. The number of hydrogen-bond donors (Lipinski definition) is 0. The van der Waals surface area contributed by atoms with Gasteiger partial charge in [0.05, 0.1) is 16.5 Å². The van der Waals surface area contributed by atoms with Gasteiger partial charge in [0.15, 0.2) is 0 Å². The Morgan fingerprint density at radius 2 is 2.05 bits per heavy atom. The average molecular weight is 299 g/mol. The molecule has 3 rings (SSSR count). The standard InChI is InChI=1S/C14H9N3OS2/c15-8-10-3-5-11(6-4-10)9-20-14-17-16-13(18-14)12-2-1-7-19-12/h1-7H,9H2. The van der Waals surface area contributed by atoms with Crippen LogP contribution in [-0.2, 0) is 5.75 Å². The number of benzene rings is 1. The molecule has 98 valence electrons. The van der Waals surface area contributed by atoms with E-state index in [1.165, 1.54) is 11.8 Å². The zero-order chi connectivity index (χ0) is 13.8. The van der Waals surface area contributed by atoms with Crippen molar-refractivity contribution >= 4 is 23.1 Å². The van der Waals surface area contributed by atoms with Crippen molar-refractivity contribution in [3.63, 3.8) is 0 Å². The van der Waals surface area contributed by atoms with E-state index >= 15 is 0 Å². The van der Waals surface area contributed by atoms with Gasteiger partial charge in [0.2, 0.25) is 0 Å². The van der Waals surface area contributed by atoms with Crippen molar-refractivity contribution in [2.75, 3.05) is 0 Å². The average Bonchev–Trinajstić information content (AvgIpc) is 3.16. The van der Waals surface area contributed by atoms with Gasteiger partial charge >= 0.3 is 0 Å². The van der Waals surface area contributed by atoms with Crippen LogP contribution < -0.4 is 0 Å². The summed E-state index contributed by atoms with van der Waals surface area (Å²) >= 11 is 3.06. The van der Waals surface area contributed by atoms with Gasteiger partial charge in [-0.1, -0.05) is 30.0 Å². The molecular formula is C14H9N3OS2. The van der Waals surface area contributed by atoms with E-state index in [1.54, 1.807) is 23.5 Å². The first kappa shape index (κ1) is 12.9. The molecule has 0 atom stereocenters. The molecule has 0 spiro atoms. The highest BCUT2D eigenvalue weighted by Crippen LogP contribution is 2.28. The molecule has 0 N–H and O–H groups in total. The van der Waals surface area contributed by atoms with Crippen LogP contribution >= 0.6 is 23.1 Å². The van der Waals surface area contributed by atoms with Gasteiger partial charge in [-0.15, -0.1) is 21.5 Å². The maximum Gasteiger partial charge on any atom is 0.277 e. The third kappa shape index (κ3) is 2.90. The predicted molar refractivity (Wildman–Crippen MR) is 78.3 cm³/mol. The summed E-state index contributed by atoms with van der Waals surface area (Å²) in [5.74, 6) is 1.29. The van der Waals surface area contributed by atoms with E-state index in [2.05, 4.69) is 16.3 Å². The summed E-state index contributed by atoms with van der Waals surface area (Å²) in [5, 5.41) is 19.3. The molecule has 0 amide bonds. The van der Waals surface area contributed by atoms with Crippen LogP contribution in [0.1, 0.15) is 11.1 Å². The maximum absolute atomic E-state index is 8.74. The van der Waals surface area contributed by atoms with Crippen molar-refractivity contribution in [2.45, 2.75) is 11.0 Å². The number of hydrogen-bond acceptors (Lipinski definition) is 6. The SMILES string of the molecule is N#Cc1ccc(CSc2nnc(-c3cccs3)o2)cc1. The Hall–Kier alpha value is -2.10. The van der Waals surface area contributed by atoms with Crippen LogP contribution in [0.4, 0.5) is 0 Å². The molecule has 6 heteroatoms. The van der Waals surface area contributed by atoms with Gasteiger partial charge in [0.25, 0.3) is 11.1 Å². The highest BCUT2D eigenvalue weighted by Gasteiger charge is 2.09. The monoisotopic (exact) mass is 299 g/mol. The lowest BCUT2D eigenvalue weighted by molar-refractivity contribution is 0.466. The van der Waals surface area contributed by atoms with Gasteiger partial charge in [-0.25, -0.2) is 0 Å². The zero-order valence-corrected chi connectivity index (χ0v) is 11.9. The fraction of sp³-hybridized carbons (Fsp3) is 0.0714. The minimum Gasteiger partial charge on any atom is -0.410 e. The molecule has 0 fully saturated rings. The van der Waals surface area contributed by atoms with E-state index in [9.17, 15) is 0 Å². The topological polar surface area (TPSA) is 62.7 Å². The first-order valence-electron chi connectivity index (χ1n) is 5.84. The summed E-state index contributed by atoms with van der Waals surface area (Å²) < 4.78 is 5.59. The number of thiophene rings is 1. The molecule has 2 heterocycles. The van der Waals surface area contributed by atoms with E-state index in [4.69, 9.17) is 9.68 Å². The quantitative estimate of drug-likeness (QED) is 0.682. The van der Waals surface area contributed by atoms with Crippen molar-refractivity contribution in [3.8, 4) is 16.8 Å². The minimum atomic E-state index is 0.553. The van der Waals surface area contributed by atoms with Crippen molar-refractivity contribution < 1.29 is 4.42 Å². The second-order valence-corrected chi connectivity index (χ2v) is 5.82. The Morgan fingerprint density at radius 1 is 1.20 bits per heavy atom. The van der Waals surface area contributed by atoms with E-state index < -0.39 is 0 Å². The van der Waals surface area contributed by atoms with Crippen molar-refractivity contribution in [3.05, 3.63) is 52.9 Å². The van der Waals surface area contributed by atoms with Crippen LogP contribution in [0.15, 0.2) is 51.4 Å². The zero-order valence-electron chi connectivity index (χ0n) is 10.3. The van der Waals surface area contributed by atoms with Crippen molar-refractivity contribution in [1.29, 1.82) is 5.26 Å². The van der Waals surface area contributed by atoms with Gasteiger partial charge in [-0.2, -0.15) is 5.26 Å². The van der Waals surface area contributed by atoms with Gasteiger partial charge in [-0.05, 0) is 29.1 Å². The van der Waals surface area contributed by atoms with E-state index in [0.29, 0.717) is 16.7 Å². The molecule has 0 saturated carbocycles. The molecule has 0 aliphatic carbocycles. The molecule has 0 aliphatic rings. The summed E-state index contributed by atoms with van der Waals surface area (Å²) in [4.78, 5) is 0.975. The Labute approximate surface area is 124 Å². The first-order valence-corrected chi connectivity index (χ1v) is 7.71. The Kier molecular flexibility index (Phi) is 3.81. The van der Waals surface area contributed by atoms with Crippen molar-refractivity contribution in [1.82, 2.24) is 10.2 Å². The number of thioether (sulfide) groups is 1. The molecule has 0 saturated heterocycles. The summed E-state index contributed by atoms with van der Waals surface area (Å²) in [7, 11) is 0. The number of rotatable bonds is 4. The molecule has 3 aromatic rings. The Morgan fingerprint density at radius 3 is 2.75 bits per heavy atom. The van der Waals surface area contributed by atoms with E-state index in [1.807, 2.05) is 29.6 Å². The maximum atomic E-state index is 8.74. The summed E-state index contributed by atoms with van der Waals surface area (Å²) in [6, 6.07) is 13.5. The third-order valence-electron chi connectivity index (χ3n) is 2.58. The number of nitrogens with zero attached hydrogens (tertiary/aromatic N) is 3. The molecule has 20 heavy (non-hydrogen) atoms. The van der Waals surface area contributed by atoms with Crippen LogP contribution in [0.3, 0.4) is 0 Å². The summed E-state index contributed by atoms with van der Waals surface area (Å²) in [5.41, 5.74) is 1.78. The second-order valence-electron chi connectivity index (χ2n) is 3.95. The fourth-order valence-corrected chi connectivity index (χ4v) is 2.95. The number of aromatic nitrogens is 2. The van der Waals surface area contributed by atoms with Gasteiger partial charge in [0, 0.05) is 5.75 Å². The Bertz CT molecular complexity index is 727. The van der Waals surface area contributed by atoms with Crippen LogP contribution in [0, 0.1) is 11.3 Å². The van der Waals surface area contributed by atoms with E-state index in [0.717, 1.165) is 16.2 Å². The molecular weight excluding hydrogens is 290 g/mol. The van der Waals surface area contributed by atoms with Gasteiger partial charge in [-0.3, -0.25) is 0 Å². The molecule has 1 aromatic carbocycles. The van der Waals surface area contributed by atoms with Crippen LogP contribution in [0.25, 0.3) is 10.8 Å². The molecule has 0 radical (unpaired) electrons. The highest BCUT2D eigenvalue weighted by atomic mass is 32.2. The first-order chi connectivity index (χ1) is 9.85. The fourth-order valence-electron chi connectivity index (χ4n) is 1.59. The lowest BCUT2D eigenvalue weighted by Gasteiger charge is -1.97. The van der Waals surface area contributed by atoms with E-state index in [-0.39, 0.29) is 0 Å². The molecule has 4 nitrogen and oxygen atoms in total.